The molecule has 84 valence electrons. The van der Waals surface area contributed by atoms with Gasteiger partial charge in [-0.3, -0.25) is 0 Å². The monoisotopic (exact) mass is 248 g/mol. The Hall–Kier alpha value is -0.620. The molecule has 1 aromatic carbocycles. The lowest BCUT2D eigenvalue weighted by Gasteiger charge is -2.08. The van der Waals surface area contributed by atoms with Crippen molar-refractivity contribution in [3.63, 3.8) is 0 Å². The number of rotatable bonds is 4. The topological polar surface area (TPSA) is 72.2 Å². The zero-order valence-corrected chi connectivity index (χ0v) is 9.90. The molecule has 1 aromatic rings. The number of sulfonamides is 1. The van der Waals surface area contributed by atoms with Crippen LogP contribution in [0.15, 0.2) is 23.1 Å². The summed E-state index contributed by atoms with van der Waals surface area (Å²) in [7, 11) is -3.46. The van der Waals surface area contributed by atoms with Crippen molar-refractivity contribution in [2.45, 2.75) is 11.8 Å². The van der Waals surface area contributed by atoms with Gasteiger partial charge in [0.05, 0.1) is 4.90 Å². The lowest BCUT2D eigenvalue weighted by atomic mass is 10.2. The van der Waals surface area contributed by atoms with Crippen LogP contribution in [0.5, 0.6) is 0 Å². The van der Waals surface area contributed by atoms with Gasteiger partial charge in [-0.2, -0.15) is 0 Å². The van der Waals surface area contributed by atoms with E-state index in [1.807, 2.05) is 0 Å². The third-order valence-electron chi connectivity index (χ3n) is 1.86. The molecule has 0 radical (unpaired) electrons. The predicted octanol–water partition coefficient (Wildman–Crippen LogP) is 0.885. The van der Waals surface area contributed by atoms with Gasteiger partial charge in [0, 0.05) is 18.1 Å². The Labute approximate surface area is 94.5 Å². The zero-order valence-electron chi connectivity index (χ0n) is 8.33. The summed E-state index contributed by atoms with van der Waals surface area (Å²) in [6.07, 6.45) is 0. The highest BCUT2D eigenvalue weighted by Gasteiger charge is 2.15. The van der Waals surface area contributed by atoms with Crippen LogP contribution in [-0.2, 0) is 10.0 Å². The first kappa shape index (κ1) is 12.4. The maximum atomic E-state index is 11.7. The Kier molecular flexibility index (Phi) is 4.10. The molecule has 0 aliphatic rings. The summed E-state index contributed by atoms with van der Waals surface area (Å²) in [5.74, 6) is 0. The Morgan fingerprint density at radius 1 is 1.47 bits per heavy atom. The van der Waals surface area contributed by atoms with Crippen molar-refractivity contribution >= 4 is 21.6 Å². The van der Waals surface area contributed by atoms with Gasteiger partial charge in [-0.15, -0.1) is 0 Å². The molecule has 1 rings (SSSR count). The average Bonchev–Trinajstić information content (AvgIpc) is 2.14. The minimum absolute atomic E-state index is 0.227. The second-order valence-electron chi connectivity index (χ2n) is 3.10. The fourth-order valence-electron chi connectivity index (χ4n) is 1.19. The third kappa shape index (κ3) is 3.17. The number of nitrogens with two attached hydrogens (primary N) is 1. The van der Waals surface area contributed by atoms with Gasteiger partial charge in [0.1, 0.15) is 0 Å². The summed E-state index contributed by atoms with van der Waals surface area (Å²) >= 11 is 5.74. The molecule has 0 atom stereocenters. The molecule has 0 unspecified atom stereocenters. The lowest BCUT2D eigenvalue weighted by Crippen LogP contribution is -2.29. The first-order chi connectivity index (χ1) is 6.97. The van der Waals surface area contributed by atoms with Crippen LogP contribution in [0.2, 0.25) is 5.02 Å². The molecule has 0 amide bonds. The molecule has 4 nitrogen and oxygen atoms in total. The fourth-order valence-corrected chi connectivity index (χ4v) is 2.68. The maximum Gasteiger partial charge on any atom is 0.240 e. The van der Waals surface area contributed by atoms with Gasteiger partial charge in [0.2, 0.25) is 10.0 Å². The summed E-state index contributed by atoms with van der Waals surface area (Å²) in [6, 6.07) is 4.64. The van der Waals surface area contributed by atoms with Crippen molar-refractivity contribution in [1.29, 1.82) is 0 Å². The SMILES string of the molecule is Cc1cc(Cl)ccc1S(=O)(=O)NCCN. The smallest absolute Gasteiger partial charge is 0.240 e. The highest BCUT2D eigenvalue weighted by Crippen LogP contribution is 2.19. The average molecular weight is 249 g/mol. The molecular formula is C9H13ClN2O2S. The van der Waals surface area contributed by atoms with Gasteiger partial charge >= 0.3 is 0 Å². The van der Waals surface area contributed by atoms with Crippen molar-refractivity contribution in [3.8, 4) is 0 Å². The van der Waals surface area contributed by atoms with Crippen LogP contribution >= 0.6 is 11.6 Å². The molecular weight excluding hydrogens is 236 g/mol. The van der Waals surface area contributed by atoms with E-state index in [1.165, 1.54) is 6.07 Å². The molecule has 0 saturated heterocycles. The number of hydrogen-bond donors (Lipinski definition) is 2. The zero-order chi connectivity index (χ0) is 11.5. The summed E-state index contributed by atoms with van der Waals surface area (Å²) in [4.78, 5) is 0.236. The molecule has 0 bridgehead atoms. The summed E-state index contributed by atoms with van der Waals surface area (Å²) in [5.41, 5.74) is 5.85. The summed E-state index contributed by atoms with van der Waals surface area (Å²) in [6.45, 7) is 2.19. The van der Waals surface area contributed by atoms with Crippen LogP contribution in [0.4, 0.5) is 0 Å². The Morgan fingerprint density at radius 2 is 2.13 bits per heavy atom. The standard InChI is InChI=1S/C9H13ClN2O2S/c1-7-6-8(10)2-3-9(7)15(13,14)12-5-4-11/h2-3,6,12H,4-5,11H2,1H3. The van der Waals surface area contributed by atoms with Gasteiger partial charge in [-0.25, -0.2) is 13.1 Å². The van der Waals surface area contributed by atoms with Crippen molar-refractivity contribution in [2.24, 2.45) is 5.73 Å². The molecule has 15 heavy (non-hydrogen) atoms. The van der Waals surface area contributed by atoms with E-state index >= 15 is 0 Å². The van der Waals surface area contributed by atoms with Crippen LogP contribution in [0.1, 0.15) is 5.56 Å². The first-order valence-corrected chi connectivity index (χ1v) is 6.29. The molecule has 0 aliphatic heterocycles. The largest absolute Gasteiger partial charge is 0.329 e. The number of halogens is 1. The van der Waals surface area contributed by atoms with Crippen molar-refractivity contribution in [3.05, 3.63) is 28.8 Å². The van der Waals surface area contributed by atoms with E-state index < -0.39 is 10.0 Å². The minimum atomic E-state index is -3.46. The minimum Gasteiger partial charge on any atom is -0.329 e. The molecule has 0 fully saturated rings. The van der Waals surface area contributed by atoms with E-state index in [0.29, 0.717) is 10.6 Å². The van der Waals surface area contributed by atoms with Crippen LogP contribution in [0.3, 0.4) is 0 Å². The van der Waals surface area contributed by atoms with Gasteiger partial charge in [0.15, 0.2) is 0 Å². The van der Waals surface area contributed by atoms with E-state index in [9.17, 15) is 8.42 Å². The molecule has 0 aliphatic carbocycles. The van der Waals surface area contributed by atoms with Crippen molar-refractivity contribution in [1.82, 2.24) is 4.72 Å². The molecule has 0 heterocycles. The molecule has 3 N–H and O–H groups in total. The van der Waals surface area contributed by atoms with Gasteiger partial charge in [-0.1, -0.05) is 11.6 Å². The predicted molar refractivity (Wildman–Crippen MR) is 60.4 cm³/mol. The second kappa shape index (κ2) is 4.94. The molecule has 6 heteroatoms. The van der Waals surface area contributed by atoms with E-state index in [0.717, 1.165) is 0 Å². The summed E-state index contributed by atoms with van der Waals surface area (Å²) in [5, 5.41) is 0.519. The number of aryl methyl sites for hydroxylation is 1. The van der Waals surface area contributed by atoms with Crippen LogP contribution < -0.4 is 10.5 Å². The van der Waals surface area contributed by atoms with Gasteiger partial charge in [0.25, 0.3) is 0 Å². The summed E-state index contributed by atoms with van der Waals surface area (Å²) < 4.78 is 25.8. The van der Waals surface area contributed by atoms with Crippen molar-refractivity contribution in [2.75, 3.05) is 13.1 Å². The normalized spacial score (nSPS) is 11.7. The highest BCUT2D eigenvalue weighted by atomic mass is 35.5. The second-order valence-corrected chi connectivity index (χ2v) is 5.27. The third-order valence-corrected chi connectivity index (χ3v) is 3.72. The van der Waals surface area contributed by atoms with E-state index in [4.69, 9.17) is 17.3 Å². The fraction of sp³-hybridized carbons (Fsp3) is 0.333. The van der Waals surface area contributed by atoms with Crippen molar-refractivity contribution < 1.29 is 8.42 Å². The highest BCUT2D eigenvalue weighted by molar-refractivity contribution is 7.89. The van der Waals surface area contributed by atoms with Gasteiger partial charge in [-0.05, 0) is 30.7 Å². The molecule has 0 saturated carbocycles. The maximum absolute atomic E-state index is 11.7. The number of benzene rings is 1. The van der Waals surface area contributed by atoms with Crippen LogP contribution in [0, 0.1) is 6.92 Å². The van der Waals surface area contributed by atoms with E-state index in [2.05, 4.69) is 4.72 Å². The van der Waals surface area contributed by atoms with Crippen LogP contribution in [0.25, 0.3) is 0 Å². The Morgan fingerprint density at radius 3 is 2.67 bits per heavy atom. The molecule has 0 spiro atoms. The Bertz CT molecular complexity index is 445. The molecule has 0 aromatic heterocycles. The van der Waals surface area contributed by atoms with E-state index in [-0.39, 0.29) is 18.0 Å². The Balaban J connectivity index is 3.05. The van der Waals surface area contributed by atoms with Crippen LogP contribution in [-0.4, -0.2) is 21.5 Å². The lowest BCUT2D eigenvalue weighted by molar-refractivity contribution is 0.581. The number of nitrogens with one attached hydrogen (secondary N) is 1. The quantitative estimate of drug-likeness (QED) is 0.831. The van der Waals surface area contributed by atoms with E-state index in [1.54, 1.807) is 19.1 Å². The number of hydrogen-bond acceptors (Lipinski definition) is 3. The first-order valence-electron chi connectivity index (χ1n) is 4.43. The van der Waals surface area contributed by atoms with Gasteiger partial charge < -0.3 is 5.73 Å².